The first-order chi connectivity index (χ1) is 10.9. The molecule has 2 rings (SSSR count). The van der Waals surface area contributed by atoms with Gasteiger partial charge in [0.1, 0.15) is 6.54 Å². The van der Waals surface area contributed by atoms with Crippen LogP contribution in [0.25, 0.3) is 0 Å². The number of ether oxygens (including phenoxy) is 1. The third-order valence-electron chi connectivity index (χ3n) is 3.02. The third kappa shape index (κ3) is 4.04. The van der Waals surface area contributed by atoms with Crippen molar-refractivity contribution in [3.63, 3.8) is 0 Å². The molecule has 0 amide bonds. The Morgan fingerprint density at radius 3 is 2.35 bits per heavy atom. The Morgan fingerprint density at radius 1 is 1.17 bits per heavy atom. The number of methoxy groups -OCH3 is 1. The molecule has 0 radical (unpaired) electrons. The Kier molecular flexibility index (Phi) is 5.67. The summed E-state index contributed by atoms with van der Waals surface area (Å²) in [7, 11) is -2.78. The number of anilines is 1. The summed E-state index contributed by atoms with van der Waals surface area (Å²) >= 11 is 9.35. The van der Waals surface area contributed by atoms with Gasteiger partial charge in [-0.25, -0.2) is 8.42 Å². The number of rotatable bonds is 5. The zero-order valence-electron chi connectivity index (χ0n) is 12.1. The number of para-hydroxylation sites is 1. The van der Waals surface area contributed by atoms with Crippen molar-refractivity contribution >= 4 is 49.2 Å². The van der Waals surface area contributed by atoms with Crippen LogP contribution in [0.3, 0.4) is 0 Å². The van der Waals surface area contributed by atoms with Crippen LogP contribution in [0.15, 0.2) is 57.9 Å². The average molecular weight is 419 g/mol. The van der Waals surface area contributed by atoms with Crippen molar-refractivity contribution in [1.82, 2.24) is 0 Å². The molecule has 2 aromatic rings. The summed E-state index contributed by atoms with van der Waals surface area (Å²) in [4.78, 5) is 11.7. The zero-order chi connectivity index (χ0) is 17.0. The molecule has 0 atom stereocenters. The molecule has 0 N–H and O–H groups in total. The number of halogens is 2. The van der Waals surface area contributed by atoms with Gasteiger partial charge in [-0.1, -0.05) is 39.7 Å². The van der Waals surface area contributed by atoms with Gasteiger partial charge in [0.2, 0.25) is 0 Å². The molecular weight excluding hydrogens is 406 g/mol. The fourth-order valence-corrected chi connectivity index (χ4v) is 3.85. The largest absolute Gasteiger partial charge is 0.468 e. The van der Waals surface area contributed by atoms with E-state index in [-0.39, 0.29) is 15.6 Å². The molecule has 0 aromatic heterocycles. The van der Waals surface area contributed by atoms with Crippen molar-refractivity contribution in [1.29, 1.82) is 0 Å². The summed E-state index contributed by atoms with van der Waals surface area (Å²) in [6, 6.07) is 12.5. The smallest absolute Gasteiger partial charge is 0.326 e. The predicted molar refractivity (Wildman–Crippen MR) is 92.1 cm³/mol. The quantitative estimate of drug-likeness (QED) is 0.698. The van der Waals surface area contributed by atoms with Crippen LogP contribution in [-0.4, -0.2) is 28.0 Å². The number of esters is 1. The van der Waals surface area contributed by atoms with Gasteiger partial charge in [0, 0.05) is 4.47 Å². The first-order valence-corrected chi connectivity index (χ1v) is 9.07. The fraction of sp³-hybridized carbons (Fsp3) is 0.133. The van der Waals surface area contributed by atoms with E-state index in [1.807, 2.05) is 0 Å². The number of hydrogen-bond donors (Lipinski definition) is 0. The van der Waals surface area contributed by atoms with E-state index in [9.17, 15) is 13.2 Å². The summed E-state index contributed by atoms with van der Waals surface area (Å²) in [5.74, 6) is -0.689. The zero-order valence-corrected chi connectivity index (χ0v) is 15.2. The highest BCUT2D eigenvalue weighted by atomic mass is 79.9. The first kappa shape index (κ1) is 17.8. The van der Waals surface area contributed by atoms with Crippen LogP contribution in [0.4, 0.5) is 5.69 Å². The molecular formula is C15H13BrClNO4S. The Bertz CT molecular complexity index is 808. The van der Waals surface area contributed by atoms with Crippen molar-refractivity contribution in [2.45, 2.75) is 4.90 Å². The van der Waals surface area contributed by atoms with Crippen LogP contribution in [0.1, 0.15) is 0 Å². The summed E-state index contributed by atoms with van der Waals surface area (Å²) < 4.78 is 32.1. The van der Waals surface area contributed by atoms with Crippen molar-refractivity contribution in [2.24, 2.45) is 0 Å². The van der Waals surface area contributed by atoms with Crippen LogP contribution in [0, 0.1) is 0 Å². The van der Waals surface area contributed by atoms with Crippen molar-refractivity contribution in [3.05, 3.63) is 58.0 Å². The number of carbonyl (C=O) groups is 1. The van der Waals surface area contributed by atoms with Crippen molar-refractivity contribution < 1.29 is 17.9 Å². The molecule has 0 aliphatic heterocycles. The van der Waals surface area contributed by atoms with Crippen molar-refractivity contribution in [3.8, 4) is 0 Å². The van der Waals surface area contributed by atoms with Gasteiger partial charge >= 0.3 is 5.97 Å². The molecule has 0 unspecified atom stereocenters. The van der Waals surface area contributed by atoms with Crippen LogP contribution < -0.4 is 4.31 Å². The van der Waals surface area contributed by atoms with Gasteiger partial charge in [0.25, 0.3) is 10.0 Å². The number of carbonyl (C=O) groups excluding carboxylic acids is 1. The molecule has 8 heteroatoms. The fourth-order valence-electron chi connectivity index (χ4n) is 1.87. The molecule has 0 saturated carbocycles. The molecule has 0 saturated heterocycles. The highest BCUT2D eigenvalue weighted by molar-refractivity contribution is 9.10. The minimum atomic E-state index is -3.97. The first-order valence-electron chi connectivity index (χ1n) is 6.46. The van der Waals surface area contributed by atoms with E-state index in [0.717, 1.165) is 8.78 Å². The van der Waals surface area contributed by atoms with Crippen LogP contribution in [0.5, 0.6) is 0 Å². The van der Waals surface area contributed by atoms with Gasteiger partial charge in [-0.05, 0) is 36.4 Å². The maximum Gasteiger partial charge on any atom is 0.326 e. The van der Waals surface area contributed by atoms with Crippen LogP contribution in [-0.2, 0) is 19.6 Å². The molecule has 5 nitrogen and oxygen atoms in total. The molecule has 0 bridgehead atoms. The molecule has 0 heterocycles. The second-order valence-electron chi connectivity index (χ2n) is 4.49. The molecule has 2 aromatic carbocycles. The second kappa shape index (κ2) is 7.33. The van der Waals surface area contributed by atoms with Crippen molar-refractivity contribution in [2.75, 3.05) is 18.0 Å². The molecule has 0 aliphatic rings. The molecule has 0 spiro atoms. The maximum absolute atomic E-state index is 12.9. The van der Waals surface area contributed by atoms with E-state index in [1.165, 1.54) is 25.3 Å². The third-order valence-corrected chi connectivity index (χ3v) is 5.65. The lowest BCUT2D eigenvalue weighted by molar-refractivity contribution is -0.138. The highest BCUT2D eigenvalue weighted by Crippen LogP contribution is 2.30. The van der Waals surface area contributed by atoms with E-state index in [0.29, 0.717) is 0 Å². The standard InChI is InChI=1S/C15H13BrClNO4S/c1-22-15(19)10-18(14-5-3-2-4-13(14)17)23(20,21)12-8-6-11(16)7-9-12/h2-9H,10H2,1H3. The Labute approximate surface area is 148 Å². The highest BCUT2D eigenvalue weighted by Gasteiger charge is 2.28. The van der Waals surface area contributed by atoms with Gasteiger partial charge < -0.3 is 4.74 Å². The lowest BCUT2D eigenvalue weighted by atomic mass is 10.3. The minimum absolute atomic E-state index is 0.0459. The van der Waals surface area contributed by atoms with Crippen LogP contribution in [0.2, 0.25) is 5.02 Å². The molecule has 0 fully saturated rings. The van der Waals surface area contributed by atoms with Crippen LogP contribution >= 0.6 is 27.5 Å². The predicted octanol–water partition coefficient (Wildman–Crippen LogP) is 3.47. The van der Waals surface area contributed by atoms with E-state index >= 15 is 0 Å². The van der Waals surface area contributed by atoms with E-state index in [4.69, 9.17) is 11.6 Å². The Hall–Kier alpha value is -1.57. The minimum Gasteiger partial charge on any atom is -0.468 e. The van der Waals surface area contributed by atoms with Gasteiger partial charge in [0.15, 0.2) is 0 Å². The number of nitrogens with zero attached hydrogens (tertiary/aromatic N) is 1. The maximum atomic E-state index is 12.9. The normalized spacial score (nSPS) is 11.1. The monoisotopic (exact) mass is 417 g/mol. The number of hydrogen-bond acceptors (Lipinski definition) is 4. The van der Waals surface area contributed by atoms with Gasteiger partial charge in [-0.3, -0.25) is 9.10 Å². The lowest BCUT2D eigenvalue weighted by Crippen LogP contribution is -2.36. The summed E-state index contributed by atoms with van der Waals surface area (Å²) in [6.45, 7) is -0.474. The van der Waals surface area contributed by atoms with E-state index < -0.39 is 22.5 Å². The lowest BCUT2D eigenvalue weighted by Gasteiger charge is -2.24. The van der Waals surface area contributed by atoms with Gasteiger partial charge in [-0.15, -0.1) is 0 Å². The molecule has 23 heavy (non-hydrogen) atoms. The summed E-state index contributed by atoms with van der Waals surface area (Å²) in [5, 5.41) is 0.220. The Balaban J connectivity index is 2.54. The van der Waals surface area contributed by atoms with E-state index in [2.05, 4.69) is 20.7 Å². The van der Waals surface area contributed by atoms with E-state index in [1.54, 1.807) is 30.3 Å². The average Bonchev–Trinajstić information content (AvgIpc) is 2.53. The SMILES string of the molecule is COC(=O)CN(c1ccccc1Cl)S(=O)(=O)c1ccc(Br)cc1. The number of benzene rings is 2. The molecule has 0 aliphatic carbocycles. The number of sulfonamides is 1. The molecule has 122 valence electrons. The summed E-state index contributed by atoms with van der Waals surface area (Å²) in [6.07, 6.45) is 0. The second-order valence-corrected chi connectivity index (χ2v) is 7.68. The Morgan fingerprint density at radius 2 is 1.78 bits per heavy atom. The topological polar surface area (TPSA) is 63.7 Å². The summed E-state index contributed by atoms with van der Waals surface area (Å²) in [5.41, 5.74) is 0.211. The van der Waals surface area contributed by atoms with Gasteiger partial charge in [0.05, 0.1) is 22.7 Å². The van der Waals surface area contributed by atoms with Gasteiger partial charge in [-0.2, -0.15) is 0 Å².